The van der Waals surface area contributed by atoms with E-state index in [0.29, 0.717) is 6.04 Å². The molecule has 0 aliphatic heterocycles. The molecule has 2 nitrogen and oxygen atoms in total. The first-order valence-electron chi connectivity index (χ1n) is 3.34. The van der Waals surface area contributed by atoms with Crippen LogP contribution in [0.2, 0.25) is 0 Å². The SMILES string of the molecule is CCC(C)NC(C)[C]=O. The maximum atomic E-state index is 9.97. The maximum absolute atomic E-state index is 9.97. The van der Waals surface area contributed by atoms with Crippen LogP contribution in [0.1, 0.15) is 27.2 Å². The summed E-state index contributed by atoms with van der Waals surface area (Å²) in [5.41, 5.74) is 0. The monoisotopic (exact) mass is 128 g/mol. The Balaban J connectivity index is 3.33. The molecule has 0 saturated heterocycles. The molecule has 2 atom stereocenters. The molecule has 0 amide bonds. The fourth-order valence-corrected chi connectivity index (χ4v) is 0.579. The average molecular weight is 128 g/mol. The van der Waals surface area contributed by atoms with Gasteiger partial charge < -0.3 is 5.32 Å². The van der Waals surface area contributed by atoms with Gasteiger partial charge in [0.05, 0.1) is 6.04 Å². The van der Waals surface area contributed by atoms with Gasteiger partial charge in [-0.05, 0) is 20.3 Å². The van der Waals surface area contributed by atoms with E-state index in [-0.39, 0.29) is 6.04 Å². The predicted molar refractivity (Wildman–Crippen MR) is 38.0 cm³/mol. The third-order valence-electron chi connectivity index (χ3n) is 1.32. The van der Waals surface area contributed by atoms with Crippen molar-refractivity contribution in [3.8, 4) is 0 Å². The second-order valence-electron chi connectivity index (χ2n) is 2.32. The maximum Gasteiger partial charge on any atom is 0.216 e. The molecule has 1 radical (unpaired) electrons. The Morgan fingerprint density at radius 2 is 2.11 bits per heavy atom. The van der Waals surface area contributed by atoms with Gasteiger partial charge in [0, 0.05) is 6.04 Å². The summed E-state index contributed by atoms with van der Waals surface area (Å²) in [4.78, 5) is 9.97. The van der Waals surface area contributed by atoms with Crippen molar-refractivity contribution in [2.45, 2.75) is 39.3 Å². The number of rotatable bonds is 4. The summed E-state index contributed by atoms with van der Waals surface area (Å²) in [6, 6.07) is 0.293. The van der Waals surface area contributed by atoms with Crippen molar-refractivity contribution in [1.29, 1.82) is 0 Å². The predicted octanol–water partition coefficient (Wildman–Crippen LogP) is 0.873. The molecule has 0 aliphatic carbocycles. The first-order chi connectivity index (χ1) is 4.20. The Hall–Kier alpha value is -0.370. The van der Waals surface area contributed by atoms with Gasteiger partial charge in [-0.2, -0.15) is 0 Å². The van der Waals surface area contributed by atoms with Crippen LogP contribution < -0.4 is 5.32 Å². The topological polar surface area (TPSA) is 29.1 Å². The molecule has 0 rings (SSSR count). The second kappa shape index (κ2) is 4.50. The molecule has 0 spiro atoms. The van der Waals surface area contributed by atoms with Gasteiger partial charge in [-0.3, -0.25) is 4.79 Å². The van der Waals surface area contributed by atoms with Gasteiger partial charge in [0.25, 0.3) is 0 Å². The van der Waals surface area contributed by atoms with Gasteiger partial charge in [0.15, 0.2) is 0 Å². The van der Waals surface area contributed by atoms with Crippen molar-refractivity contribution in [1.82, 2.24) is 5.32 Å². The fraction of sp³-hybridized carbons (Fsp3) is 0.857. The lowest BCUT2D eigenvalue weighted by Gasteiger charge is -2.12. The Bertz CT molecular complexity index is 83.0. The van der Waals surface area contributed by atoms with Crippen molar-refractivity contribution in [3.05, 3.63) is 0 Å². The second-order valence-corrected chi connectivity index (χ2v) is 2.32. The quantitative estimate of drug-likeness (QED) is 0.608. The van der Waals surface area contributed by atoms with Crippen LogP contribution in [-0.2, 0) is 4.79 Å². The molecule has 0 aromatic carbocycles. The molecule has 0 saturated carbocycles. The summed E-state index contributed by atoms with van der Waals surface area (Å²) >= 11 is 0. The first-order valence-corrected chi connectivity index (χ1v) is 3.34. The minimum absolute atomic E-state index is 0.125. The van der Waals surface area contributed by atoms with Crippen molar-refractivity contribution in [2.75, 3.05) is 0 Å². The molecule has 0 fully saturated rings. The standard InChI is InChI=1S/C7H14NO/c1-4-6(2)8-7(3)5-9/h6-8H,4H2,1-3H3. The minimum atomic E-state index is -0.125. The lowest BCUT2D eigenvalue weighted by atomic mass is 10.2. The molecule has 0 heterocycles. The van der Waals surface area contributed by atoms with Gasteiger partial charge >= 0.3 is 0 Å². The lowest BCUT2D eigenvalue weighted by molar-refractivity contribution is 0.482. The van der Waals surface area contributed by atoms with Crippen molar-refractivity contribution >= 4 is 6.29 Å². The van der Waals surface area contributed by atoms with Crippen LogP contribution in [0.4, 0.5) is 0 Å². The number of carbonyl (C=O) groups excluding carboxylic acids is 1. The summed E-state index contributed by atoms with van der Waals surface area (Å²) in [5.74, 6) is 0. The molecule has 0 bridgehead atoms. The zero-order valence-electron chi connectivity index (χ0n) is 6.27. The van der Waals surface area contributed by atoms with Crippen LogP contribution in [0.25, 0.3) is 0 Å². The fourth-order valence-electron chi connectivity index (χ4n) is 0.579. The van der Waals surface area contributed by atoms with Crippen LogP contribution in [-0.4, -0.2) is 18.4 Å². The molecule has 0 aliphatic rings. The van der Waals surface area contributed by atoms with Crippen LogP contribution in [0, 0.1) is 0 Å². The van der Waals surface area contributed by atoms with Gasteiger partial charge in [-0.15, -0.1) is 0 Å². The summed E-state index contributed by atoms with van der Waals surface area (Å²) in [6.07, 6.45) is 2.92. The van der Waals surface area contributed by atoms with Crippen molar-refractivity contribution in [2.24, 2.45) is 0 Å². The smallest absolute Gasteiger partial charge is 0.216 e. The molecule has 53 valence electrons. The molecular weight excluding hydrogens is 114 g/mol. The first kappa shape index (κ1) is 8.63. The number of hydrogen-bond acceptors (Lipinski definition) is 2. The van der Waals surface area contributed by atoms with E-state index in [1.807, 2.05) is 13.2 Å². The highest BCUT2D eigenvalue weighted by Crippen LogP contribution is 1.88. The zero-order valence-corrected chi connectivity index (χ0v) is 6.27. The van der Waals surface area contributed by atoms with Gasteiger partial charge in [0.1, 0.15) is 0 Å². The Labute approximate surface area is 56.6 Å². The molecule has 1 N–H and O–H groups in total. The molecule has 0 aromatic rings. The van der Waals surface area contributed by atoms with E-state index in [2.05, 4.69) is 12.2 Å². The van der Waals surface area contributed by atoms with Crippen molar-refractivity contribution in [3.63, 3.8) is 0 Å². The van der Waals surface area contributed by atoms with Crippen LogP contribution in [0.3, 0.4) is 0 Å². The van der Waals surface area contributed by atoms with E-state index in [1.165, 1.54) is 0 Å². The summed E-state index contributed by atoms with van der Waals surface area (Å²) < 4.78 is 0. The summed E-state index contributed by atoms with van der Waals surface area (Å²) in [5, 5.41) is 3.06. The number of nitrogens with one attached hydrogen (secondary N) is 1. The van der Waals surface area contributed by atoms with E-state index in [4.69, 9.17) is 0 Å². The van der Waals surface area contributed by atoms with Gasteiger partial charge in [-0.25, -0.2) is 0 Å². The van der Waals surface area contributed by atoms with Crippen LogP contribution in [0.5, 0.6) is 0 Å². The van der Waals surface area contributed by atoms with Crippen LogP contribution >= 0.6 is 0 Å². The van der Waals surface area contributed by atoms with Crippen molar-refractivity contribution < 1.29 is 4.79 Å². The normalized spacial score (nSPS) is 16.8. The highest BCUT2D eigenvalue weighted by Gasteiger charge is 2.02. The van der Waals surface area contributed by atoms with E-state index in [1.54, 1.807) is 6.92 Å². The van der Waals surface area contributed by atoms with E-state index in [9.17, 15) is 4.79 Å². The summed E-state index contributed by atoms with van der Waals surface area (Å²) in [6.45, 7) is 5.93. The largest absolute Gasteiger partial charge is 0.305 e. The Kier molecular flexibility index (Phi) is 4.32. The molecule has 9 heavy (non-hydrogen) atoms. The Morgan fingerprint density at radius 3 is 2.44 bits per heavy atom. The minimum Gasteiger partial charge on any atom is -0.305 e. The third kappa shape index (κ3) is 4.15. The molecule has 0 aromatic heterocycles. The van der Waals surface area contributed by atoms with E-state index < -0.39 is 0 Å². The van der Waals surface area contributed by atoms with Gasteiger partial charge in [0.2, 0.25) is 6.29 Å². The van der Waals surface area contributed by atoms with Crippen LogP contribution in [0.15, 0.2) is 0 Å². The summed E-state index contributed by atoms with van der Waals surface area (Å²) in [7, 11) is 0. The third-order valence-corrected chi connectivity index (χ3v) is 1.32. The van der Waals surface area contributed by atoms with E-state index in [0.717, 1.165) is 6.42 Å². The van der Waals surface area contributed by atoms with Gasteiger partial charge in [-0.1, -0.05) is 6.92 Å². The molecule has 2 unspecified atom stereocenters. The number of hydrogen-bond donors (Lipinski definition) is 1. The highest BCUT2D eigenvalue weighted by molar-refractivity contribution is 5.57. The zero-order chi connectivity index (χ0) is 7.28. The molecule has 2 heteroatoms. The highest BCUT2D eigenvalue weighted by atomic mass is 16.1. The Morgan fingerprint density at radius 1 is 1.56 bits per heavy atom. The molecular formula is C7H14NO. The van der Waals surface area contributed by atoms with E-state index >= 15 is 0 Å². The lowest BCUT2D eigenvalue weighted by Crippen LogP contribution is -2.34. The average Bonchev–Trinajstić information content (AvgIpc) is 1.87.